The number of carbonyl (C=O) groups is 2. The normalized spacial score (nSPS) is 11.9. The Labute approximate surface area is 250 Å². The Morgan fingerprint density at radius 2 is 1.74 bits per heavy atom. The number of hydrogen-bond acceptors (Lipinski definition) is 7. The van der Waals surface area contributed by atoms with Gasteiger partial charge in [-0.25, -0.2) is 8.42 Å². The first-order valence-electron chi connectivity index (χ1n) is 13.0. The molecule has 0 spiro atoms. The summed E-state index contributed by atoms with van der Waals surface area (Å²) in [5.41, 5.74) is 1.56. The molecule has 3 rings (SSSR count). The number of likely N-dealkylation sites (N-methyl/N-ethyl adjacent to an activating group) is 1. The summed E-state index contributed by atoms with van der Waals surface area (Å²) in [6, 6.07) is 14.3. The zero-order valence-corrected chi connectivity index (χ0v) is 25.5. The highest BCUT2D eigenvalue weighted by Crippen LogP contribution is 2.36. The molecule has 0 heterocycles. The van der Waals surface area contributed by atoms with Crippen molar-refractivity contribution in [3.05, 3.63) is 92.5 Å². The monoisotopic (exact) mass is 616 g/mol. The molecule has 0 saturated carbocycles. The van der Waals surface area contributed by atoms with Crippen LogP contribution >= 0.6 is 11.6 Å². The molecule has 13 heteroatoms. The van der Waals surface area contributed by atoms with E-state index in [1.165, 1.54) is 56.3 Å². The van der Waals surface area contributed by atoms with Crippen molar-refractivity contribution in [1.29, 1.82) is 0 Å². The van der Waals surface area contributed by atoms with E-state index < -0.39 is 49.9 Å². The van der Waals surface area contributed by atoms with Crippen molar-refractivity contribution in [3.8, 4) is 5.75 Å². The van der Waals surface area contributed by atoms with Gasteiger partial charge in [0.05, 0.1) is 22.6 Å². The number of rotatable bonds is 12. The lowest BCUT2D eigenvalue weighted by Gasteiger charge is -2.33. The molecule has 3 aromatic carbocycles. The first kappa shape index (κ1) is 32.4. The third-order valence-corrected chi connectivity index (χ3v) is 8.75. The smallest absolute Gasteiger partial charge is 0.273 e. The molecule has 0 aliphatic heterocycles. The number of halogens is 1. The number of methoxy groups -OCH3 is 1. The molecule has 2 amide bonds. The van der Waals surface area contributed by atoms with E-state index in [4.69, 9.17) is 16.3 Å². The second-order valence-electron chi connectivity index (χ2n) is 9.58. The van der Waals surface area contributed by atoms with Crippen LogP contribution in [0.15, 0.2) is 65.6 Å². The van der Waals surface area contributed by atoms with Crippen LogP contribution in [0.4, 0.5) is 11.4 Å². The Hall–Kier alpha value is -4.16. The Morgan fingerprint density at radius 1 is 1.07 bits per heavy atom. The highest BCUT2D eigenvalue weighted by Gasteiger charge is 2.35. The van der Waals surface area contributed by atoms with Crippen LogP contribution in [0, 0.1) is 24.0 Å². The van der Waals surface area contributed by atoms with Gasteiger partial charge in [0.15, 0.2) is 0 Å². The number of carbonyl (C=O) groups excluding carboxylic acids is 2. The molecule has 0 aliphatic rings. The van der Waals surface area contributed by atoms with Crippen molar-refractivity contribution in [2.24, 2.45) is 0 Å². The minimum absolute atomic E-state index is 0.0294. The van der Waals surface area contributed by atoms with Crippen LogP contribution in [0.2, 0.25) is 5.02 Å². The number of amides is 2. The lowest BCUT2D eigenvalue weighted by atomic mass is 10.1. The van der Waals surface area contributed by atoms with Gasteiger partial charge in [0, 0.05) is 30.2 Å². The van der Waals surface area contributed by atoms with E-state index in [1.807, 2.05) is 31.2 Å². The number of benzene rings is 3. The number of nitro groups is 1. The largest absolute Gasteiger partial charge is 0.495 e. The fraction of sp³-hybridized carbons (Fsp3) is 0.310. The average Bonchev–Trinajstić information content (AvgIpc) is 2.96. The number of hydrogen-bond donors (Lipinski definition) is 1. The van der Waals surface area contributed by atoms with Gasteiger partial charge in [-0.15, -0.1) is 0 Å². The van der Waals surface area contributed by atoms with Crippen molar-refractivity contribution in [2.45, 2.75) is 44.7 Å². The third-order valence-electron chi connectivity index (χ3n) is 6.76. The molecule has 0 aromatic heterocycles. The molecule has 0 radical (unpaired) electrons. The van der Waals surface area contributed by atoms with E-state index in [9.17, 15) is 28.1 Å². The average molecular weight is 617 g/mol. The number of sulfonamides is 1. The predicted octanol–water partition coefficient (Wildman–Crippen LogP) is 4.62. The number of aryl methyl sites for hydroxylation is 2. The minimum atomic E-state index is -4.60. The zero-order chi connectivity index (χ0) is 31.2. The van der Waals surface area contributed by atoms with Crippen molar-refractivity contribution < 1.29 is 27.7 Å². The summed E-state index contributed by atoms with van der Waals surface area (Å²) in [7, 11) is -1.81. The summed E-state index contributed by atoms with van der Waals surface area (Å²) in [6.45, 7) is 4.43. The second kappa shape index (κ2) is 13.7. The van der Waals surface area contributed by atoms with Gasteiger partial charge in [-0.3, -0.25) is 24.0 Å². The Kier molecular flexibility index (Phi) is 10.5. The van der Waals surface area contributed by atoms with Crippen LogP contribution in [0.3, 0.4) is 0 Å². The standard InChI is InChI=1S/C29H33ClN4O7S/c1-6-24(29(36)31-4)32(17-21-10-7-19(2)8-11-21)28(35)18-33(26-15-22(30)12-14-27(26)41-5)42(39,40)23-13-9-20(3)25(16-23)34(37)38/h7-16,24H,6,17-18H2,1-5H3,(H,31,36). The second-order valence-corrected chi connectivity index (χ2v) is 11.9. The van der Waals surface area contributed by atoms with Gasteiger partial charge in [-0.05, 0) is 50.1 Å². The molecule has 224 valence electrons. The zero-order valence-electron chi connectivity index (χ0n) is 24.0. The van der Waals surface area contributed by atoms with Gasteiger partial charge < -0.3 is 15.0 Å². The number of nitrogens with one attached hydrogen (secondary N) is 1. The number of nitro benzene ring substituents is 1. The first-order valence-corrected chi connectivity index (χ1v) is 14.8. The van der Waals surface area contributed by atoms with E-state index in [1.54, 1.807) is 6.92 Å². The molecule has 0 aliphatic carbocycles. The van der Waals surface area contributed by atoms with Gasteiger partial charge in [-0.2, -0.15) is 0 Å². The van der Waals surface area contributed by atoms with Crippen LogP contribution in [-0.2, 0) is 26.2 Å². The maximum Gasteiger partial charge on any atom is 0.273 e. The highest BCUT2D eigenvalue weighted by molar-refractivity contribution is 7.92. The predicted molar refractivity (Wildman–Crippen MR) is 160 cm³/mol. The van der Waals surface area contributed by atoms with E-state index in [0.717, 1.165) is 21.5 Å². The molecular formula is C29H33ClN4O7S. The Morgan fingerprint density at radius 3 is 2.31 bits per heavy atom. The maximum atomic E-state index is 14.1. The van der Waals surface area contributed by atoms with E-state index in [2.05, 4.69) is 5.32 Å². The third kappa shape index (κ3) is 7.18. The number of nitrogens with zero attached hydrogens (tertiary/aromatic N) is 3. The molecule has 3 aromatic rings. The molecule has 1 N–H and O–H groups in total. The Bertz CT molecular complexity index is 1580. The van der Waals surface area contributed by atoms with Gasteiger partial charge >= 0.3 is 0 Å². The molecule has 11 nitrogen and oxygen atoms in total. The van der Waals surface area contributed by atoms with Crippen molar-refractivity contribution in [2.75, 3.05) is 25.0 Å². The number of ether oxygens (including phenoxy) is 1. The van der Waals surface area contributed by atoms with Crippen LogP contribution in [0.5, 0.6) is 5.75 Å². The van der Waals surface area contributed by atoms with Crippen LogP contribution in [0.1, 0.15) is 30.0 Å². The summed E-state index contributed by atoms with van der Waals surface area (Å²) in [6.07, 6.45) is 0.259. The van der Waals surface area contributed by atoms with Crippen molar-refractivity contribution in [1.82, 2.24) is 10.2 Å². The van der Waals surface area contributed by atoms with Crippen LogP contribution in [0.25, 0.3) is 0 Å². The maximum absolute atomic E-state index is 14.1. The summed E-state index contributed by atoms with van der Waals surface area (Å²) in [5.74, 6) is -0.999. The SMILES string of the molecule is CCC(C(=O)NC)N(Cc1ccc(C)cc1)C(=O)CN(c1cc(Cl)ccc1OC)S(=O)(=O)c1ccc(C)c([N+](=O)[O-])c1. The molecule has 42 heavy (non-hydrogen) atoms. The van der Waals surface area contributed by atoms with E-state index >= 15 is 0 Å². The topological polar surface area (TPSA) is 139 Å². The van der Waals surface area contributed by atoms with Gasteiger partial charge in [0.25, 0.3) is 15.7 Å². The lowest BCUT2D eigenvalue weighted by Crippen LogP contribution is -2.51. The number of anilines is 1. The molecule has 0 saturated heterocycles. The quantitative estimate of drug-likeness (QED) is 0.231. The summed E-state index contributed by atoms with van der Waals surface area (Å²) in [5, 5.41) is 14.3. The molecule has 0 bridgehead atoms. The van der Waals surface area contributed by atoms with Gasteiger partial charge in [0.2, 0.25) is 11.8 Å². The van der Waals surface area contributed by atoms with Gasteiger partial charge in [0.1, 0.15) is 18.3 Å². The first-order chi connectivity index (χ1) is 19.8. The molecule has 0 fully saturated rings. The minimum Gasteiger partial charge on any atom is -0.495 e. The highest BCUT2D eigenvalue weighted by atomic mass is 35.5. The molecule has 1 unspecified atom stereocenters. The Balaban J connectivity index is 2.18. The van der Waals surface area contributed by atoms with E-state index in [-0.39, 0.29) is 35.0 Å². The van der Waals surface area contributed by atoms with Crippen LogP contribution in [-0.4, -0.2) is 56.8 Å². The summed E-state index contributed by atoms with van der Waals surface area (Å²) < 4.78 is 34.5. The van der Waals surface area contributed by atoms with E-state index in [0.29, 0.717) is 0 Å². The molecular weight excluding hydrogens is 584 g/mol. The fourth-order valence-corrected chi connectivity index (χ4v) is 6.02. The van der Waals surface area contributed by atoms with Crippen molar-refractivity contribution >= 4 is 44.8 Å². The van der Waals surface area contributed by atoms with Crippen molar-refractivity contribution in [3.63, 3.8) is 0 Å². The fourth-order valence-electron chi connectivity index (χ4n) is 4.42. The lowest BCUT2D eigenvalue weighted by molar-refractivity contribution is -0.385. The van der Waals surface area contributed by atoms with Crippen LogP contribution < -0.4 is 14.4 Å². The summed E-state index contributed by atoms with van der Waals surface area (Å²) in [4.78, 5) is 38.8. The molecule has 1 atom stereocenters. The summed E-state index contributed by atoms with van der Waals surface area (Å²) >= 11 is 6.24. The van der Waals surface area contributed by atoms with Gasteiger partial charge in [-0.1, -0.05) is 54.4 Å².